The SMILES string of the molecule is CC(=O)OCc1ncccc1B1OC(C)(C)C(C)(C)O1. The van der Waals surface area contributed by atoms with Crippen LogP contribution in [0.25, 0.3) is 0 Å². The van der Waals surface area contributed by atoms with Crippen molar-refractivity contribution < 1.29 is 18.8 Å². The first-order chi connectivity index (χ1) is 9.23. The smallest absolute Gasteiger partial charge is 0.459 e. The summed E-state index contributed by atoms with van der Waals surface area (Å²) in [6.07, 6.45) is 1.66. The molecule has 0 aliphatic carbocycles. The van der Waals surface area contributed by atoms with Gasteiger partial charge in [-0.05, 0) is 33.8 Å². The number of aromatic nitrogens is 1. The molecule has 2 heterocycles. The highest BCUT2D eigenvalue weighted by atomic mass is 16.7. The molecule has 1 aliphatic rings. The molecular weight excluding hydrogens is 257 g/mol. The maximum Gasteiger partial charge on any atom is 0.496 e. The van der Waals surface area contributed by atoms with E-state index in [0.717, 1.165) is 5.46 Å². The molecule has 0 atom stereocenters. The molecule has 20 heavy (non-hydrogen) atoms. The van der Waals surface area contributed by atoms with Gasteiger partial charge in [0.2, 0.25) is 0 Å². The van der Waals surface area contributed by atoms with E-state index in [2.05, 4.69) is 4.98 Å². The topological polar surface area (TPSA) is 57.7 Å². The number of carbonyl (C=O) groups is 1. The van der Waals surface area contributed by atoms with E-state index in [1.165, 1.54) is 6.92 Å². The molecule has 1 aromatic heterocycles. The van der Waals surface area contributed by atoms with Gasteiger partial charge in [0.25, 0.3) is 0 Å². The number of pyridine rings is 1. The second-order valence-electron chi connectivity index (χ2n) is 5.91. The predicted molar refractivity (Wildman–Crippen MR) is 75.4 cm³/mol. The molecule has 0 N–H and O–H groups in total. The van der Waals surface area contributed by atoms with E-state index in [-0.39, 0.29) is 12.6 Å². The van der Waals surface area contributed by atoms with Crippen LogP contribution in [-0.4, -0.2) is 29.3 Å². The fraction of sp³-hybridized carbons (Fsp3) is 0.571. The molecule has 0 radical (unpaired) electrons. The van der Waals surface area contributed by atoms with Crippen molar-refractivity contribution in [2.45, 2.75) is 52.4 Å². The van der Waals surface area contributed by atoms with Crippen LogP contribution in [0.5, 0.6) is 0 Å². The number of carbonyl (C=O) groups excluding carboxylic acids is 1. The van der Waals surface area contributed by atoms with Gasteiger partial charge in [0.05, 0.1) is 16.9 Å². The summed E-state index contributed by atoms with van der Waals surface area (Å²) in [5.41, 5.74) is 0.631. The van der Waals surface area contributed by atoms with Crippen LogP contribution in [-0.2, 0) is 25.4 Å². The lowest BCUT2D eigenvalue weighted by Crippen LogP contribution is -2.41. The van der Waals surface area contributed by atoms with E-state index < -0.39 is 18.3 Å². The number of ether oxygens (including phenoxy) is 1. The quantitative estimate of drug-likeness (QED) is 0.618. The number of hydrogen-bond donors (Lipinski definition) is 0. The summed E-state index contributed by atoms with van der Waals surface area (Å²) in [5.74, 6) is -0.337. The van der Waals surface area contributed by atoms with Gasteiger partial charge in [-0.25, -0.2) is 0 Å². The van der Waals surface area contributed by atoms with Gasteiger partial charge >= 0.3 is 13.1 Å². The minimum absolute atomic E-state index is 0.121. The highest BCUT2D eigenvalue weighted by molar-refractivity contribution is 6.62. The Kier molecular flexibility index (Phi) is 3.89. The Morgan fingerprint density at radius 3 is 2.45 bits per heavy atom. The van der Waals surface area contributed by atoms with E-state index in [4.69, 9.17) is 14.0 Å². The van der Waals surface area contributed by atoms with Gasteiger partial charge in [0.1, 0.15) is 6.61 Å². The van der Waals surface area contributed by atoms with E-state index in [1.54, 1.807) is 6.20 Å². The second-order valence-corrected chi connectivity index (χ2v) is 5.91. The number of esters is 1. The zero-order valence-corrected chi connectivity index (χ0v) is 12.6. The predicted octanol–water partition coefficient (Wildman–Crippen LogP) is 1.44. The van der Waals surface area contributed by atoms with Crippen LogP contribution in [0, 0.1) is 0 Å². The number of nitrogens with zero attached hydrogens (tertiary/aromatic N) is 1. The first-order valence-corrected chi connectivity index (χ1v) is 6.66. The largest absolute Gasteiger partial charge is 0.496 e. The molecule has 0 saturated carbocycles. The third-order valence-electron chi connectivity index (χ3n) is 3.84. The molecule has 0 amide bonds. The zero-order valence-electron chi connectivity index (χ0n) is 12.6. The first-order valence-electron chi connectivity index (χ1n) is 6.66. The molecule has 1 aliphatic heterocycles. The van der Waals surface area contributed by atoms with E-state index >= 15 is 0 Å². The lowest BCUT2D eigenvalue weighted by molar-refractivity contribution is -0.142. The molecule has 0 spiro atoms. The molecule has 108 valence electrons. The Morgan fingerprint density at radius 1 is 1.30 bits per heavy atom. The maximum atomic E-state index is 10.9. The average Bonchev–Trinajstić information content (AvgIpc) is 2.56. The first kappa shape index (κ1) is 15.0. The van der Waals surface area contributed by atoms with Crippen molar-refractivity contribution in [1.29, 1.82) is 0 Å². The third kappa shape index (κ3) is 2.86. The summed E-state index contributed by atoms with van der Waals surface area (Å²) in [5, 5.41) is 0. The highest BCUT2D eigenvalue weighted by Gasteiger charge is 2.52. The van der Waals surface area contributed by atoms with Gasteiger partial charge in [-0.3, -0.25) is 9.78 Å². The molecule has 0 aromatic carbocycles. The van der Waals surface area contributed by atoms with Gasteiger partial charge in [0.15, 0.2) is 0 Å². The Bertz CT molecular complexity index is 500. The van der Waals surface area contributed by atoms with E-state index in [1.807, 2.05) is 39.8 Å². The zero-order chi connectivity index (χ0) is 15.0. The van der Waals surface area contributed by atoms with Crippen molar-refractivity contribution in [3.63, 3.8) is 0 Å². The summed E-state index contributed by atoms with van der Waals surface area (Å²) >= 11 is 0. The molecule has 0 bridgehead atoms. The van der Waals surface area contributed by atoms with Gasteiger partial charge < -0.3 is 14.0 Å². The Hall–Kier alpha value is -1.40. The summed E-state index contributed by atoms with van der Waals surface area (Å²) in [6, 6.07) is 3.70. The number of rotatable bonds is 3. The van der Waals surface area contributed by atoms with Crippen molar-refractivity contribution in [2.24, 2.45) is 0 Å². The summed E-state index contributed by atoms with van der Waals surface area (Å²) < 4.78 is 17.0. The van der Waals surface area contributed by atoms with Crippen LogP contribution < -0.4 is 5.46 Å². The minimum Gasteiger partial charge on any atom is -0.459 e. The lowest BCUT2D eigenvalue weighted by Gasteiger charge is -2.32. The van der Waals surface area contributed by atoms with Crippen molar-refractivity contribution in [1.82, 2.24) is 4.98 Å². The monoisotopic (exact) mass is 277 g/mol. The van der Waals surface area contributed by atoms with Gasteiger partial charge in [-0.2, -0.15) is 0 Å². The lowest BCUT2D eigenvalue weighted by atomic mass is 9.78. The molecule has 0 unspecified atom stereocenters. The van der Waals surface area contributed by atoms with Crippen molar-refractivity contribution in [3.8, 4) is 0 Å². The van der Waals surface area contributed by atoms with Gasteiger partial charge in [0, 0.05) is 18.6 Å². The average molecular weight is 277 g/mol. The van der Waals surface area contributed by atoms with Crippen LogP contribution in [0.2, 0.25) is 0 Å². The van der Waals surface area contributed by atoms with Crippen molar-refractivity contribution in [3.05, 3.63) is 24.0 Å². The maximum absolute atomic E-state index is 10.9. The standard InChI is InChI=1S/C14H20BNO4/c1-10(17)18-9-12-11(7-6-8-16-12)15-19-13(2,3)14(4,5)20-15/h6-8H,9H2,1-5H3. The van der Waals surface area contributed by atoms with Crippen LogP contribution in [0.1, 0.15) is 40.3 Å². The van der Waals surface area contributed by atoms with Gasteiger partial charge in [-0.1, -0.05) is 6.07 Å². The van der Waals surface area contributed by atoms with Crippen LogP contribution in [0.3, 0.4) is 0 Å². The molecule has 2 rings (SSSR count). The summed E-state index contributed by atoms with van der Waals surface area (Å²) in [6.45, 7) is 9.47. The number of hydrogen-bond acceptors (Lipinski definition) is 5. The Morgan fingerprint density at radius 2 is 1.90 bits per heavy atom. The highest BCUT2D eigenvalue weighted by Crippen LogP contribution is 2.36. The molecule has 1 fully saturated rings. The fourth-order valence-corrected chi connectivity index (χ4v) is 1.93. The van der Waals surface area contributed by atoms with Crippen molar-refractivity contribution >= 4 is 18.6 Å². The minimum atomic E-state index is -0.501. The molecular formula is C14H20BNO4. The molecule has 1 aromatic rings. The van der Waals surface area contributed by atoms with Gasteiger partial charge in [-0.15, -0.1) is 0 Å². The second kappa shape index (κ2) is 5.18. The molecule has 6 heteroatoms. The summed E-state index contributed by atoms with van der Waals surface area (Å²) in [7, 11) is -0.501. The van der Waals surface area contributed by atoms with E-state index in [9.17, 15) is 4.79 Å². The Balaban J connectivity index is 2.24. The molecule has 5 nitrogen and oxygen atoms in total. The van der Waals surface area contributed by atoms with Crippen LogP contribution >= 0.6 is 0 Å². The molecule has 1 saturated heterocycles. The Labute approximate surface area is 119 Å². The fourth-order valence-electron chi connectivity index (χ4n) is 1.93. The third-order valence-corrected chi connectivity index (χ3v) is 3.84. The van der Waals surface area contributed by atoms with Crippen LogP contribution in [0.4, 0.5) is 0 Å². The summed E-state index contributed by atoms with van der Waals surface area (Å²) in [4.78, 5) is 15.2. The normalized spacial score (nSPS) is 19.9. The van der Waals surface area contributed by atoms with E-state index in [0.29, 0.717) is 5.69 Å². The van der Waals surface area contributed by atoms with Crippen molar-refractivity contribution in [2.75, 3.05) is 0 Å². The van der Waals surface area contributed by atoms with Crippen LogP contribution in [0.15, 0.2) is 18.3 Å².